The summed E-state index contributed by atoms with van der Waals surface area (Å²) in [7, 11) is -14.3. The Balaban J connectivity index is 1.45. The fraction of sp³-hybridized carbons (Fsp3) is 0. The fourth-order valence-corrected chi connectivity index (χ4v) is 10.8. The zero-order valence-corrected chi connectivity index (χ0v) is 26.9. The van der Waals surface area contributed by atoms with Crippen molar-refractivity contribution in [3.05, 3.63) is 125 Å². The van der Waals surface area contributed by atoms with Gasteiger partial charge < -0.3 is 0 Å². The number of benzene rings is 5. The Morgan fingerprint density at radius 2 is 1.08 bits per heavy atom. The van der Waals surface area contributed by atoms with Crippen molar-refractivity contribution >= 4 is 35.1 Å². The van der Waals surface area contributed by atoms with Crippen LogP contribution in [0.15, 0.2) is 114 Å². The Bertz CT molecular complexity index is 2830. The van der Waals surface area contributed by atoms with E-state index < -0.39 is 83.8 Å². The molecule has 0 spiro atoms. The molecule has 248 valence electrons. The monoisotopic (exact) mass is 736 g/mol. The van der Waals surface area contributed by atoms with Gasteiger partial charge in [0.2, 0.25) is 35.3 Å². The highest BCUT2D eigenvalue weighted by atomic mass is 32.2. The summed E-state index contributed by atoms with van der Waals surface area (Å²) in [5.74, 6) is -12.8. The minimum Gasteiger partial charge on any atom is -0.219 e. The molecule has 0 saturated heterocycles. The maximum Gasteiger partial charge on any atom is 0.212 e. The summed E-state index contributed by atoms with van der Waals surface area (Å²) in [6.45, 7) is 0. The van der Waals surface area contributed by atoms with Crippen LogP contribution in [-0.2, 0) is 29.5 Å². The van der Waals surface area contributed by atoms with Gasteiger partial charge in [-0.25, -0.2) is 47.2 Å². The Kier molecular flexibility index (Phi) is 7.17. The van der Waals surface area contributed by atoms with E-state index >= 15 is 0 Å². The second-order valence-electron chi connectivity index (χ2n) is 10.9. The van der Waals surface area contributed by atoms with E-state index in [4.69, 9.17) is 0 Å². The first kappa shape index (κ1) is 32.8. The molecule has 0 unspecified atom stereocenters. The molecule has 0 fully saturated rings. The summed E-state index contributed by atoms with van der Waals surface area (Å²) in [5.41, 5.74) is -1.27. The number of fused-ring (bicyclic) bond motifs is 7. The van der Waals surface area contributed by atoms with Crippen molar-refractivity contribution in [3.8, 4) is 34.4 Å². The molecule has 5 aromatic carbocycles. The summed E-state index contributed by atoms with van der Waals surface area (Å²) in [5, 5.41) is 19.8. The smallest absolute Gasteiger partial charge is 0.212 e. The SMILES string of the molecule is N#CC(C#N)=C1c2cc(S(=O)(=O)c3c(F)c(F)c(F)c(F)c3F)ccc2-c2ccc3c(c21)S(=O)(=O)c1cc(S(=O)(=O)c2ccccc2)ccc1-3. The first-order valence-corrected chi connectivity index (χ1v) is 18.4. The van der Waals surface area contributed by atoms with Gasteiger partial charge in [0.15, 0.2) is 23.3 Å². The van der Waals surface area contributed by atoms with Gasteiger partial charge >= 0.3 is 0 Å². The van der Waals surface area contributed by atoms with Crippen LogP contribution in [0, 0.1) is 51.7 Å². The number of hydrogen-bond donors (Lipinski definition) is 0. The molecule has 0 saturated carbocycles. The highest BCUT2D eigenvalue weighted by Crippen LogP contribution is 2.55. The van der Waals surface area contributed by atoms with Gasteiger partial charge in [-0.2, -0.15) is 10.5 Å². The maximum absolute atomic E-state index is 14.7. The molecule has 0 aromatic heterocycles. The molecule has 0 bridgehead atoms. The molecule has 1 heterocycles. The second kappa shape index (κ2) is 10.9. The van der Waals surface area contributed by atoms with Crippen LogP contribution < -0.4 is 0 Å². The van der Waals surface area contributed by atoms with Crippen LogP contribution in [0.3, 0.4) is 0 Å². The summed E-state index contributed by atoms with van der Waals surface area (Å²) in [4.78, 5) is -4.42. The van der Waals surface area contributed by atoms with Crippen molar-refractivity contribution in [2.75, 3.05) is 0 Å². The van der Waals surface area contributed by atoms with E-state index in [-0.39, 0.29) is 48.7 Å². The van der Waals surface area contributed by atoms with Crippen LogP contribution in [0.5, 0.6) is 0 Å². The van der Waals surface area contributed by atoms with Crippen molar-refractivity contribution in [2.45, 2.75) is 29.4 Å². The lowest BCUT2D eigenvalue weighted by Gasteiger charge is -2.11. The molecule has 7 rings (SSSR count). The first-order valence-electron chi connectivity index (χ1n) is 13.9. The Morgan fingerprint density at radius 1 is 0.560 bits per heavy atom. The number of sulfone groups is 3. The third-order valence-electron chi connectivity index (χ3n) is 8.35. The first-order chi connectivity index (χ1) is 23.6. The van der Waals surface area contributed by atoms with Crippen LogP contribution >= 0.6 is 0 Å². The minimum atomic E-state index is -5.51. The molecule has 8 nitrogen and oxygen atoms in total. The van der Waals surface area contributed by atoms with Crippen LogP contribution in [0.2, 0.25) is 0 Å². The van der Waals surface area contributed by atoms with Gasteiger partial charge in [-0.05, 0) is 53.1 Å². The summed E-state index contributed by atoms with van der Waals surface area (Å²) < 4.78 is 153. The van der Waals surface area contributed by atoms with Crippen molar-refractivity contribution < 1.29 is 47.2 Å². The molecule has 2 aliphatic rings. The largest absolute Gasteiger partial charge is 0.219 e. The average molecular weight is 737 g/mol. The lowest BCUT2D eigenvalue weighted by Crippen LogP contribution is -2.13. The van der Waals surface area contributed by atoms with E-state index in [0.717, 1.165) is 24.3 Å². The topological polar surface area (TPSA) is 150 Å². The van der Waals surface area contributed by atoms with Gasteiger partial charge in [0, 0.05) is 22.3 Å². The highest BCUT2D eigenvalue weighted by molar-refractivity contribution is 7.93. The van der Waals surface area contributed by atoms with Crippen LogP contribution in [-0.4, -0.2) is 25.3 Å². The van der Waals surface area contributed by atoms with Gasteiger partial charge in [0.05, 0.1) is 24.5 Å². The zero-order chi connectivity index (χ0) is 36.1. The number of halogens is 5. The number of hydrogen-bond acceptors (Lipinski definition) is 8. The van der Waals surface area contributed by atoms with Crippen molar-refractivity contribution in [1.82, 2.24) is 0 Å². The Hall–Kier alpha value is -5.68. The molecule has 0 amide bonds. The maximum atomic E-state index is 14.7. The van der Waals surface area contributed by atoms with Crippen molar-refractivity contribution in [3.63, 3.8) is 0 Å². The van der Waals surface area contributed by atoms with Crippen LogP contribution in [0.25, 0.3) is 27.8 Å². The molecule has 16 heteroatoms. The van der Waals surface area contributed by atoms with Crippen LogP contribution in [0.4, 0.5) is 22.0 Å². The molecule has 1 aliphatic carbocycles. The second-order valence-corrected chi connectivity index (χ2v) is 16.6. The fourth-order valence-electron chi connectivity index (χ4n) is 6.11. The van der Waals surface area contributed by atoms with Crippen molar-refractivity contribution in [2.24, 2.45) is 0 Å². The van der Waals surface area contributed by atoms with Gasteiger partial charge in [-0.15, -0.1) is 0 Å². The summed E-state index contributed by atoms with van der Waals surface area (Å²) in [6.07, 6.45) is 0. The van der Waals surface area contributed by atoms with Crippen molar-refractivity contribution in [1.29, 1.82) is 10.5 Å². The average Bonchev–Trinajstić information content (AvgIpc) is 3.55. The van der Waals surface area contributed by atoms with E-state index in [2.05, 4.69) is 0 Å². The van der Waals surface area contributed by atoms with E-state index in [1.54, 1.807) is 18.2 Å². The Morgan fingerprint density at radius 3 is 1.68 bits per heavy atom. The number of nitriles is 2. The minimum absolute atomic E-state index is 0.0654. The van der Waals surface area contributed by atoms with E-state index in [1.165, 1.54) is 48.5 Å². The predicted molar refractivity (Wildman–Crippen MR) is 164 cm³/mol. The quantitative estimate of drug-likeness (QED) is 0.0638. The summed E-state index contributed by atoms with van der Waals surface area (Å²) >= 11 is 0. The normalized spacial score (nSPS) is 13.9. The Labute approximate surface area is 280 Å². The molecule has 1 aliphatic heterocycles. The molecule has 50 heavy (non-hydrogen) atoms. The highest BCUT2D eigenvalue weighted by Gasteiger charge is 2.43. The van der Waals surface area contributed by atoms with Crippen LogP contribution in [0.1, 0.15) is 11.1 Å². The predicted octanol–water partition coefficient (Wildman–Crippen LogP) is 6.69. The summed E-state index contributed by atoms with van der Waals surface area (Å²) in [6, 6.07) is 19.4. The van der Waals surface area contributed by atoms with E-state index in [0.29, 0.717) is 0 Å². The molecule has 0 N–H and O–H groups in total. The molecular weight excluding hydrogens is 724 g/mol. The van der Waals surface area contributed by atoms with E-state index in [1.807, 2.05) is 0 Å². The lowest BCUT2D eigenvalue weighted by atomic mass is 9.95. The van der Waals surface area contributed by atoms with E-state index in [9.17, 15) is 57.7 Å². The number of nitrogens with zero attached hydrogens (tertiary/aromatic N) is 2. The number of allylic oxidation sites excluding steroid dienone is 1. The van der Waals surface area contributed by atoms with Gasteiger partial charge in [0.25, 0.3) is 0 Å². The third kappa shape index (κ3) is 4.32. The lowest BCUT2D eigenvalue weighted by molar-refractivity contribution is 0.357. The van der Waals surface area contributed by atoms with Gasteiger partial charge in [-0.3, -0.25) is 0 Å². The molecular formula is C34H13F5N2O6S3. The standard InChI is InChI=1S/C34H13F5N2O6S3/c35-28-29(36)31(38)34(32(39)30(28)37)49(44,45)18-6-8-20-22-10-11-23-21-9-7-19(48(42,43)17-4-2-1-3-5-17)13-25(21)50(46,47)33(23)27(22)26(24(20)12-18)16(14-40)15-41/h1-13H. The molecule has 0 atom stereocenters. The molecule has 5 aromatic rings. The molecule has 0 radical (unpaired) electrons. The van der Waals surface area contributed by atoms with Gasteiger partial charge in [-0.1, -0.05) is 42.5 Å². The third-order valence-corrected chi connectivity index (χ3v) is 13.8. The number of rotatable bonds is 4. The zero-order valence-electron chi connectivity index (χ0n) is 24.5. The van der Waals surface area contributed by atoms with Gasteiger partial charge in [0.1, 0.15) is 22.6 Å².